The van der Waals surface area contributed by atoms with Crippen molar-refractivity contribution in [3.63, 3.8) is 0 Å². The van der Waals surface area contributed by atoms with Crippen molar-refractivity contribution in [2.45, 2.75) is 19.4 Å². The van der Waals surface area contributed by atoms with E-state index in [1.54, 1.807) is 27.9 Å². The molecule has 2 aromatic heterocycles. The van der Waals surface area contributed by atoms with Gasteiger partial charge in [-0.1, -0.05) is 12.1 Å². The number of ether oxygens (including phenoxy) is 2. The Hall–Kier alpha value is -3.67. The molecule has 11 heteroatoms. The Balaban J connectivity index is 1.23. The van der Waals surface area contributed by atoms with Crippen molar-refractivity contribution in [1.82, 2.24) is 14.8 Å². The summed E-state index contributed by atoms with van der Waals surface area (Å²) >= 11 is 1.42. The SMILES string of the molecule is Nc1cscc1NC(=O)c1ccc(CN(CCCN2CCOCC2)C(=O)Nc2ccc3c(c2)OCC3)cn1. The Morgan fingerprint density at radius 1 is 1.11 bits per heavy atom. The molecule has 1 saturated heterocycles. The van der Waals surface area contributed by atoms with E-state index in [0.717, 1.165) is 62.6 Å². The molecule has 1 aromatic carbocycles. The van der Waals surface area contributed by atoms with E-state index in [1.165, 1.54) is 11.3 Å². The number of nitrogens with two attached hydrogens (primary N) is 1. The van der Waals surface area contributed by atoms with Crippen molar-refractivity contribution in [3.8, 4) is 5.75 Å². The Labute approximate surface area is 225 Å². The van der Waals surface area contributed by atoms with Gasteiger partial charge in [-0.05, 0) is 29.7 Å². The summed E-state index contributed by atoms with van der Waals surface area (Å²) in [4.78, 5) is 34.3. The Morgan fingerprint density at radius 3 is 2.74 bits per heavy atom. The number of benzene rings is 1. The monoisotopic (exact) mass is 536 g/mol. The van der Waals surface area contributed by atoms with Crippen molar-refractivity contribution in [3.05, 3.63) is 64.1 Å². The average Bonchev–Trinajstić information content (AvgIpc) is 3.57. The first-order valence-corrected chi connectivity index (χ1v) is 13.7. The van der Waals surface area contributed by atoms with Crippen LogP contribution in [-0.2, 0) is 17.7 Å². The minimum Gasteiger partial charge on any atom is -0.493 e. The summed E-state index contributed by atoms with van der Waals surface area (Å²) in [6, 6.07) is 9.07. The lowest BCUT2D eigenvalue weighted by Gasteiger charge is -2.28. The zero-order valence-corrected chi connectivity index (χ0v) is 22.0. The number of nitrogens with zero attached hydrogens (tertiary/aromatic N) is 3. The number of hydrogen-bond donors (Lipinski definition) is 3. The van der Waals surface area contributed by atoms with E-state index in [-0.39, 0.29) is 17.6 Å². The van der Waals surface area contributed by atoms with Crippen molar-refractivity contribution < 1.29 is 19.1 Å². The van der Waals surface area contributed by atoms with Crippen LogP contribution in [0.4, 0.5) is 21.9 Å². The van der Waals surface area contributed by atoms with Crippen LogP contribution < -0.4 is 21.1 Å². The Kier molecular flexibility index (Phi) is 8.37. The maximum atomic E-state index is 13.3. The van der Waals surface area contributed by atoms with Gasteiger partial charge in [0.15, 0.2) is 0 Å². The highest BCUT2D eigenvalue weighted by atomic mass is 32.1. The number of morpholine rings is 1. The van der Waals surface area contributed by atoms with Crippen LogP contribution in [0.5, 0.6) is 5.75 Å². The fraction of sp³-hybridized carbons (Fsp3) is 0.370. The number of rotatable bonds is 9. The molecule has 0 bridgehead atoms. The lowest BCUT2D eigenvalue weighted by atomic mass is 10.1. The number of fused-ring (bicyclic) bond motifs is 1. The summed E-state index contributed by atoms with van der Waals surface area (Å²) < 4.78 is 11.1. The standard InChI is InChI=1S/C27H32N6O4S/c28-22-17-38-18-24(22)31-26(34)23-5-2-19(15-29-23)16-33(8-1-7-32-9-12-36-13-10-32)27(35)30-21-4-3-20-6-11-37-25(20)14-21/h2-5,14-15,17-18H,1,6-13,16,28H2,(H,30,35)(H,31,34). The number of aromatic nitrogens is 1. The van der Waals surface area contributed by atoms with Crippen molar-refractivity contribution >= 4 is 40.3 Å². The summed E-state index contributed by atoms with van der Waals surface area (Å²) in [6.07, 6.45) is 3.35. The van der Waals surface area contributed by atoms with Crippen LogP contribution in [0.15, 0.2) is 47.3 Å². The van der Waals surface area contributed by atoms with E-state index < -0.39 is 0 Å². The Morgan fingerprint density at radius 2 is 1.97 bits per heavy atom. The summed E-state index contributed by atoms with van der Waals surface area (Å²) in [5, 5.41) is 9.34. The van der Waals surface area contributed by atoms with Crippen LogP contribution >= 0.6 is 11.3 Å². The quantitative estimate of drug-likeness (QED) is 0.381. The second kappa shape index (κ2) is 12.2. The predicted octanol–water partition coefficient (Wildman–Crippen LogP) is 3.67. The summed E-state index contributed by atoms with van der Waals surface area (Å²) in [6.45, 7) is 5.81. The van der Waals surface area contributed by atoms with Gasteiger partial charge in [-0.25, -0.2) is 4.79 Å². The van der Waals surface area contributed by atoms with Gasteiger partial charge in [0.1, 0.15) is 11.4 Å². The van der Waals surface area contributed by atoms with Crippen LogP contribution in [-0.4, -0.2) is 72.7 Å². The van der Waals surface area contributed by atoms with Crippen LogP contribution in [0.25, 0.3) is 0 Å². The minimum absolute atomic E-state index is 0.195. The topological polar surface area (TPSA) is 122 Å². The predicted molar refractivity (Wildman–Crippen MR) is 148 cm³/mol. The molecule has 0 aliphatic carbocycles. The smallest absolute Gasteiger partial charge is 0.322 e. The lowest BCUT2D eigenvalue weighted by Crippen LogP contribution is -2.40. The number of hydrogen-bond acceptors (Lipinski definition) is 8. The van der Waals surface area contributed by atoms with Gasteiger partial charge in [-0.2, -0.15) is 0 Å². The number of urea groups is 1. The second-order valence-corrected chi connectivity index (χ2v) is 10.1. The number of thiophene rings is 1. The molecule has 1 fully saturated rings. The van der Waals surface area contributed by atoms with Gasteiger partial charge < -0.3 is 30.7 Å². The summed E-state index contributed by atoms with van der Waals surface area (Å²) in [5.41, 5.74) is 9.92. The molecule has 3 aromatic rings. The van der Waals surface area contributed by atoms with Gasteiger partial charge >= 0.3 is 6.03 Å². The first-order valence-electron chi connectivity index (χ1n) is 12.7. The van der Waals surface area contributed by atoms with Crippen LogP contribution in [0, 0.1) is 0 Å². The number of nitrogen functional groups attached to an aromatic ring is 1. The molecule has 10 nitrogen and oxygen atoms in total. The summed E-state index contributed by atoms with van der Waals surface area (Å²) in [5.74, 6) is 0.490. The van der Waals surface area contributed by atoms with E-state index >= 15 is 0 Å². The van der Waals surface area contributed by atoms with Gasteiger partial charge in [0.05, 0.1) is 31.2 Å². The first-order chi connectivity index (χ1) is 18.5. The third kappa shape index (κ3) is 6.60. The Bertz CT molecular complexity index is 1260. The van der Waals surface area contributed by atoms with Gasteiger partial charge in [0.25, 0.3) is 5.91 Å². The van der Waals surface area contributed by atoms with E-state index in [4.69, 9.17) is 15.2 Å². The third-order valence-corrected chi connectivity index (χ3v) is 7.37. The highest BCUT2D eigenvalue weighted by molar-refractivity contribution is 7.09. The van der Waals surface area contributed by atoms with Gasteiger partial charge in [-0.15, -0.1) is 11.3 Å². The molecule has 0 radical (unpaired) electrons. The van der Waals surface area contributed by atoms with Gasteiger partial charge in [0, 0.05) is 67.9 Å². The maximum Gasteiger partial charge on any atom is 0.322 e. The van der Waals surface area contributed by atoms with Crippen LogP contribution in [0.2, 0.25) is 0 Å². The maximum absolute atomic E-state index is 13.3. The highest BCUT2D eigenvalue weighted by Gasteiger charge is 2.19. The number of pyridine rings is 1. The summed E-state index contributed by atoms with van der Waals surface area (Å²) in [7, 11) is 0. The molecule has 0 atom stereocenters. The van der Waals surface area contributed by atoms with Crippen LogP contribution in [0.1, 0.15) is 28.0 Å². The molecular weight excluding hydrogens is 504 g/mol. The second-order valence-electron chi connectivity index (χ2n) is 9.33. The van der Waals surface area contributed by atoms with Crippen molar-refractivity contribution in [2.24, 2.45) is 0 Å². The first kappa shape index (κ1) is 26.0. The highest BCUT2D eigenvalue weighted by Crippen LogP contribution is 2.28. The van der Waals surface area contributed by atoms with E-state index in [9.17, 15) is 9.59 Å². The molecular formula is C27H32N6O4S. The molecule has 5 rings (SSSR count). The number of carbonyl (C=O) groups is 2. The van der Waals surface area contributed by atoms with Gasteiger partial charge in [0.2, 0.25) is 0 Å². The fourth-order valence-corrected chi connectivity index (χ4v) is 5.15. The molecule has 0 spiro atoms. The van der Waals surface area contributed by atoms with E-state index in [0.29, 0.717) is 36.8 Å². The lowest BCUT2D eigenvalue weighted by molar-refractivity contribution is 0.0365. The van der Waals surface area contributed by atoms with E-state index in [1.807, 2.05) is 24.3 Å². The number of carbonyl (C=O) groups excluding carboxylic acids is 2. The number of nitrogens with one attached hydrogen (secondary N) is 2. The van der Waals surface area contributed by atoms with E-state index in [2.05, 4.69) is 20.5 Å². The van der Waals surface area contributed by atoms with Crippen LogP contribution in [0.3, 0.4) is 0 Å². The molecule has 0 unspecified atom stereocenters. The zero-order valence-electron chi connectivity index (χ0n) is 21.2. The average molecular weight is 537 g/mol. The molecule has 3 amide bonds. The molecule has 200 valence electrons. The molecule has 2 aliphatic heterocycles. The molecule has 2 aliphatic rings. The molecule has 0 saturated carbocycles. The molecule has 38 heavy (non-hydrogen) atoms. The number of anilines is 3. The van der Waals surface area contributed by atoms with Crippen molar-refractivity contribution in [2.75, 3.05) is 62.4 Å². The zero-order chi connectivity index (χ0) is 26.3. The third-order valence-electron chi connectivity index (χ3n) is 6.61. The fourth-order valence-electron chi connectivity index (χ4n) is 4.48. The normalized spacial score (nSPS) is 14.9. The van der Waals surface area contributed by atoms with Gasteiger partial charge in [-0.3, -0.25) is 14.7 Å². The van der Waals surface area contributed by atoms with Crippen molar-refractivity contribution in [1.29, 1.82) is 0 Å². The minimum atomic E-state index is -0.333. The molecule has 4 heterocycles. The largest absolute Gasteiger partial charge is 0.493 e. The molecule has 4 N–H and O–H groups in total. The number of amides is 3.